The van der Waals surface area contributed by atoms with Gasteiger partial charge in [0.1, 0.15) is 11.4 Å². The van der Waals surface area contributed by atoms with Crippen LogP contribution in [0, 0.1) is 5.92 Å². The second-order valence-corrected chi connectivity index (χ2v) is 7.88. The van der Waals surface area contributed by atoms with E-state index in [0.29, 0.717) is 11.7 Å². The number of rotatable bonds is 6. The Bertz CT molecular complexity index is 564. The van der Waals surface area contributed by atoms with E-state index >= 15 is 0 Å². The summed E-state index contributed by atoms with van der Waals surface area (Å²) in [4.78, 5) is 9.68. The summed E-state index contributed by atoms with van der Waals surface area (Å²) in [7, 11) is 0. The van der Waals surface area contributed by atoms with Gasteiger partial charge in [0.05, 0.1) is 12.8 Å². The molecule has 2 unspecified atom stereocenters. The summed E-state index contributed by atoms with van der Waals surface area (Å²) >= 11 is 0. The smallest absolute Gasteiger partial charge is 0.194 e. The number of likely N-dealkylation sites (tertiary alicyclic amines) is 2. The van der Waals surface area contributed by atoms with E-state index in [1.54, 1.807) is 25.3 Å². The molecule has 0 spiro atoms. The van der Waals surface area contributed by atoms with Crippen LogP contribution < -0.4 is 5.32 Å². The van der Waals surface area contributed by atoms with Crippen LogP contribution in [0.4, 0.5) is 0 Å². The first kappa shape index (κ1) is 19.2. The van der Waals surface area contributed by atoms with E-state index in [2.05, 4.69) is 22.0 Å². The molecular weight excluding hydrogens is 328 g/mol. The number of aliphatic imine (C=N–C) groups is 1. The first-order chi connectivity index (χ1) is 12.6. The maximum absolute atomic E-state index is 10.6. The minimum Gasteiger partial charge on any atom is -0.466 e. The molecule has 0 amide bonds. The van der Waals surface area contributed by atoms with Crippen LogP contribution in [0.3, 0.4) is 0 Å². The highest BCUT2D eigenvalue weighted by Crippen LogP contribution is 2.23. The Labute approximate surface area is 157 Å². The van der Waals surface area contributed by atoms with Crippen LogP contribution in [0.15, 0.2) is 27.8 Å². The number of nitrogens with zero attached hydrogens (tertiary/aromatic N) is 3. The number of guanidine groups is 1. The minimum absolute atomic E-state index is 0.288. The van der Waals surface area contributed by atoms with Crippen molar-refractivity contribution in [2.45, 2.75) is 45.1 Å². The van der Waals surface area contributed by atoms with Gasteiger partial charge in [0.25, 0.3) is 0 Å². The lowest BCUT2D eigenvalue weighted by Gasteiger charge is -2.29. The molecule has 0 bridgehead atoms. The van der Waals surface area contributed by atoms with Crippen molar-refractivity contribution in [3.05, 3.63) is 24.2 Å². The Balaban J connectivity index is 1.57. The summed E-state index contributed by atoms with van der Waals surface area (Å²) in [5, 5.41) is 14.0. The maximum atomic E-state index is 10.6. The average molecular weight is 363 g/mol. The van der Waals surface area contributed by atoms with Crippen LogP contribution >= 0.6 is 0 Å². The highest BCUT2D eigenvalue weighted by molar-refractivity contribution is 5.80. The number of piperidine rings is 1. The second kappa shape index (κ2) is 8.91. The van der Waals surface area contributed by atoms with E-state index < -0.39 is 5.60 Å². The van der Waals surface area contributed by atoms with E-state index in [1.165, 1.54) is 45.3 Å². The largest absolute Gasteiger partial charge is 0.466 e. The molecule has 3 heterocycles. The lowest BCUT2D eigenvalue weighted by molar-refractivity contribution is 0.0435. The van der Waals surface area contributed by atoms with Crippen LogP contribution in [-0.2, 0) is 5.60 Å². The minimum atomic E-state index is -1.09. The third-order valence-electron chi connectivity index (χ3n) is 5.47. The van der Waals surface area contributed by atoms with Gasteiger partial charge in [-0.1, -0.05) is 6.42 Å². The number of aliphatic hydroxyl groups is 1. The monoisotopic (exact) mass is 362 g/mol. The Morgan fingerprint density at radius 3 is 2.85 bits per heavy atom. The van der Waals surface area contributed by atoms with Gasteiger partial charge < -0.3 is 24.6 Å². The highest BCUT2D eigenvalue weighted by Gasteiger charge is 2.29. The zero-order valence-electron chi connectivity index (χ0n) is 16.3. The molecule has 2 aliphatic rings. The predicted molar refractivity (Wildman–Crippen MR) is 104 cm³/mol. The standard InChI is InChI=1S/C20H34N4O2/c1-3-21-19(22-16-20(2,25)18-8-7-13-26-18)24-12-9-17(15-24)14-23-10-5-4-6-11-23/h7-8,13,17,25H,3-6,9-12,14-16H2,1-2H3,(H,21,22). The van der Waals surface area contributed by atoms with Crippen LogP contribution in [0.2, 0.25) is 0 Å². The summed E-state index contributed by atoms with van der Waals surface area (Å²) in [5.41, 5.74) is -1.09. The van der Waals surface area contributed by atoms with Gasteiger partial charge in [0.15, 0.2) is 5.96 Å². The molecule has 2 N–H and O–H groups in total. The van der Waals surface area contributed by atoms with E-state index in [0.717, 1.165) is 25.6 Å². The predicted octanol–water partition coefficient (Wildman–Crippen LogP) is 2.26. The summed E-state index contributed by atoms with van der Waals surface area (Å²) < 4.78 is 5.36. The van der Waals surface area contributed by atoms with Gasteiger partial charge in [0.2, 0.25) is 0 Å². The molecule has 0 aromatic carbocycles. The van der Waals surface area contributed by atoms with Gasteiger partial charge in [-0.15, -0.1) is 0 Å². The number of nitrogens with one attached hydrogen (secondary N) is 1. The van der Waals surface area contributed by atoms with E-state index in [1.807, 2.05) is 0 Å². The normalized spacial score (nSPS) is 24.7. The molecule has 2 fully saturated rings. The lowest BCUT2D eigenvalue weighted by atomic mass is 10.0. The van der Waals surface area contributed by atoms with E-state index in [-0.39, 0.29) is 6.54 Å². The molecule has 1 aromatic heterocycles. The Kier molecular flexibility index (Phi) is 6.59. The molecule has 0 radical (unpaired) electrons. The quantitative estimate of drug-likeness (QED) is 0.600. The first-order valence-corrected chi connectivity index (χ1v) is 10.1. The molecule has 1 aromatic rings. The van der Waals surface area contributed by atoms with Crippen molar-refractivity contribution < 1.29 is 9.52 Å². The third-order valence-corrected chi connectivity index (χ3v) is 5.47. The summed E-state index contributed by atoms with van der Waals surface area (Å²) in [6, 6.07) is 3.59. The molecule has 6 nitrogen and oxygen atoms in total. The topological polar surface area (TPSA) is 64.2 Å². The molecule has 146 valence electrons. The van der Waals surface area contributed by atoms with Crippen molar-refractivity contribution in [3.63, 3.8) is 0 Å². The molecule has 0 aliphatic carbocycles. The molecule has 26 heavy (non-hydrogen) atoms. The molecule has 2 saturated heterocycles. The van der Waals surface area contributed by atoms with Crippen molar-refractivity contribution in [1.82, 2.24) is 15.1 Å². The Hall–Kier alpha value is -1.53. The van der Waals surface area contributed by atoms with Crippen molar-refractivity contribution in [2.75, 3.05) is 45.8 Å². The Morgan fingerprint density at radius 1 is 1.35 bits per heavy atom. The lowest BCUT2D eigenvalue weighted by Crippen LogP contribution is -2.42. The summed E-state index contributed by atoms with van der Waals surface area (Å²) in [6.45, 7) is 10.8. The average Bonchev–Trinajstić information content (AvgIpc) is 3.32. The molecular formula is C20H34N4O2. The van der Waals surface area contributed by atoms with Crippen molar-refractivity contribution in [3.8, 4) is 0 Å². The zero-order chi connectivity index (χ0) is 18.4. The molecule has 2 aliphatic heterocycles. The van der Waals surface area contributed by atoms with E-state index in [4.69, 9.17) is 9.41 Å². The van der Waals surface area contributed by atoms with Gasteiger partial charge >= 0.3 is 0 Å². The summed E-state index contributed by atoms with van der Waals surface area (Å²) in [5.74, 6) is 2.17. The van der Waals surface area contributed by atoms with Gasteiger partial charge in [-0.3, -0.25) is 0 Å². The number of hydrogen-bond acceptors (Lipinski definition) is 4. The van der Waals surface area contributed by atoms with Crippen LogP contribution in [0.1, 0.15) is 45.3 Å². The fourth-order valence-corrected chi connectivity index (χ4v) is 4.00. The molecule has 2 atom stereocenters. The molecule has 3 rings (SSSR count). The fraction of sp³-hybridized carbons (Fsp3) is 0.750. The van der Waals surface area contributed by atoms with Crippen LogP contribution in [0.25, 0.3) is 0 Å². The first-order valence-electron chi connectivity index (χ1n) is 10.1. The van der Waals surface area contributed by atoms with Crippen molar-refractivity contribution in [1.29, 1.82) is 0 Å². The van der Waals surface area contributed by atoms with Crippen molar-refractivity contribution >= 4 is 5.96 Å². The zero-order valence-corrected chi connectivity index (χ0v) is 16.3. The fourth-order valence-electron chi connectivity index (χ4n) is 4.00. The van der Waals surface area contributed by atoms with Gasteiger partial charge in [-0.2, -0.15) is 0 Å². The number of furan rings is 1. The van der Waals surface area contributed by atoms with Crippen LogP contribution in [0.5, 0.6) is 0 Å². The van der Waals surface area contributed by atoms with Crippen LogP contribution in [-0.4, -0.2) is 66.7 Å². The van der Waals surface area contributed by atoms with Gasteiger partial charge in [-0.25, -0.2) is 4.99 Å². The maximum Gasteiger partial charge on any atom is 0.194 e. The van der Waals surface area contributed by atoms with Gasteiger partial charge in [0, 0.05) is 26.2 Å². The highest BCUT2D eigenvalue weighted by atomic mass is 16.4. The van der Waals surface area contributed by atoms with E-state index in [9.17, 15) is 5.11 Å². The third kappa shape index (κ3) is 5.01. The van der Waals surface area contributed by atoms with Crippen molar-refractivity contribution in [2.24, 2.45) is 10.9 Å². The molecule has 0 saturated carbocycles. The SMILES string of the molecule is CCNC(=NCC(C)(O)c1ccco1)N1CCC(CN2CCCCC2)C1. The second-order valence-electron chi connectivity index (χ2n) is 7.88. The molecule has 6 heteroatoms. The summed E-state index contributed by atoms with van der Waals surface area (Å²) in [6.07, 6.45) is 6.89. The van der Waals surface area contributed by atoms with Gasteiger partial charge in [-0.05, 0) is 64.3 Å². The Morgan fingerprint density at radius 2 is 2.15 bits per heavy atom. The number of hydrogen-bond donors (Lipinski definition) is 2.